The second-order valence-corrected chi connectivity index (χ2v) is 10.7. The van der Waals surface area contributed by atoms with E-state index in [0.29, 0.717) is 0 Å². The molecule has 0 bridgehead atoms. The molecule has 0 aromatic heterocycles. The Balaban J connectivity index is 1.47. The summed E-state index contributed by atoms with van der Waals surface area (Å²) in [6.45, 7) is 10.1. The topological polar surface area (TPSA) is 23.9 Å². The number of rotatable bonds is 8. The monoisotopic (exact) mass is 539 g/mol. The third-order valence-electron chi connectivity index (χ3n) is 7.96. The second-order valence-electron chi connectivity index (χ2n) is 10.7. The molecule has 6 rings (SSSR count). The van der Waals surface area contributed by atoms with Crippen molar-refractivity contribution >= 4 is 38.5 Å². The van der Waals surface area contributed by atoms with Gasteiger partial charge in [-0.2, -0.15) is 0 Å². The van der Waals surface area contributed by atoms with Crippen LogP contribution in [0.15, 0.2) is 158 Å². The molecule has 0 aliphatic heterocycles. The molecule has 0 spiro atoms. The molecule has 0 saturated carbocycles. The second kappa shape index (κ2) is 11.7. The van der Waals surface area contributed by atoms with Crippen LogP contribution in [0.2, 0.25) is 0 Å². The number of aryl methyl sites for hydroxylation is 1. The van der Waals surface area contributed by atoms with Gasteiger partial charge in [-0.25, -0.2) is 0 Å². The SMILES string of the molecule is C=C/C(=C\C=N)C(=C)/C=C\Cc1ccc2ccc(-c3c4ccccc4c(-c4cccc(C)c4)c4ccccc34)cc2c1. The van der Waals surface area contributed by atoms with Gasteiger partial charge in [0, 0.05) is 6.21 Å². The minimum absolute atomic E-state index is 0.797. The number of nitrogens with one attached hydrogen (secondary N) is 1. The van der Waals surface area contributed by atoms with Gasteiger partial charge in [0.1, 0.15) is 0 Å². The van der Waals surface area contributed by atoms with Gasteiger partial charge in [-0.3, -0.25) is 0 Å². The highest BCUT2D eigenvalue weighted by atomic mass is 14.3. The Kier molecular flexibility index (Phi) is 7.49. The lowest BCUT2D eigenvalue weighted by atomic mass is 9.85. The fourth-order valence-corrected chi connectivity index (χ4v) is 5.96. The first-order valence-corrected chi connectivity index (χ1v) is 14.3. The zero-order valence-corrected chi connectivity index (χ0v) is 23.9. The quantitative estimate of drug-likeness (QED) is 0.113. The van der Waals surface area contributed by atoms with Crippen molar-refractivity contribution in [1.82, 2.24) is 0 Å². The molecule has 0 fully saturated rings. The zero-order valence-electron chi connectivity index (χ0n) is 23.9. The Bertz CT molecular complexity index is 2010. The fraction of sp³-hybridized carbons (Fsp3) is 0.0488. The fourth-order valence-electron chi connectivity index (χ4n) is 5.96. The summed E-state index contributed by atoms with van der Waals surface area (Å²) >= 11 is 0. The average molecular weight is 540 g/mol. The lowest BCUT2D eigenvalue weighted by Crippen LogP contribution is -1.91. The highest BCUT2D eigenvalue weighted by Crippen LogP contribution is 2.44. The molecule has 202 valence electrons. The maximum absolute atomic E-state index is 7.33. The summed E-state index contributed by atoms with van der Waals surface area (Å²) in [5.74, 6) is 0. The first kappa shape index (κ1) is 26.9. The van der Waals surface area contributed by atoms with Crippen LogP contribution in [-0.4, -0.2) is 6.21 Å². The summed E-state index contributed by atoms with van der Waals surface area (Å²) in [5.41, 5.74) is 9.25. The summed E-state index contributed by atoms with van der Waals surface area (Å²) in [7, 11) is 0. The summed E-state index contributed by atoms with van der Waals surface area (Å²) < 4.78 is 0. The summed E-state index contributed by atoms with van der Waals surface area (Å²) in [4.78, 5) is 0. The van der Waals surface area contributed by atoms with Crippen LogP contribution in [0.5, 0.6) is 0 Å². The van der Waals surface area contributed by atoms with Gasteiger partial charge >= 0.3 is 0 Å². The third kappa shape index (κ3) is 5.13. The molecule has 0 saturated heterocycles. The molecule has 0 heterocycles. The molecule has 0 atom stereocenters. The molecule has 42 heavy (non-hydrogen) atoms. The maximum atomic E-state index is 7.33. The Hall–Kier alpha value is -5.27. The third-order valence-corrected chi connectivity index (χ3v) is 7.96. The van der Waals surface area contributed by atoms with Gasteiger partial charge in [0.25, 0.3) is 0 Å². The average Bonchev–Trinajstić information content (AvgIpc) is 3.02. The van der Waals surface area contributed by atoms with Gasteiger partial charge in [-0.15, -0.1) is 0 Å². The molecule has 6 aromatic rings. The van der Waals surface area contributed by atoms with Crippen LogP contribution in [0.25, 0.3) is 54.6 Å². The van der Waals surface area contributed by atoms with E-state index in [1.807, 2.05) is 6.08 Å². The largest absolute Gasteiger partial charge is 0.309 e. The van der Waals surface area contributed by atoms with E-state index in [0.717, 1.165) is 17.6 Å². The van der Waals surface area contributed by atoms with Gasteiger partial charge in [0.2, 0.25) is 0 Å². The smallest absolute Gasteiger partial charge is 0.0183 e. The van der Waals surface area contributed by atoms with E-state index in [1.165, 1.54) is 71.9 Å². The first-order valence-electron chi connectivity index (χ1n) is 14.3. The van der Waals surface area contributed by atoms with E-state index < -0.39 is 0 Å². The van der Waals surface area contributed by atoms with E-state index in [1.54, 1.807) is 12.2 Å². The van der Waals surface area contributed by atoms with Crippen molar-refractivity contribution in [3.63, 3.8) is 0 Å². The van der Waals surface area contributed by atoms with Crippen LogP contribution >= 0.6 is 0 Å². The molecule has 0 aliphatic carbocycles. The van der Waals surface area contributed by atoms with E-state index >= 15 is 0 Å². The van der Waals surface area contributed by atoms with Gasteiger partial charge < -0.3 is 5.41 Å². The number of benzene rings is 6. The van der Waals surface area contributed by atoms with Crippen LogP contribution in [0, 0.1) is 12.3 Å². The van der Waals surface area contributed by atoms with E-state index in [4.69, 9.17) is 5.41 Å². The highest BCUT2D eigenvalue weighted by Gasteiger charge is 2.16. The molecule has 0 radical (unpaired) electrons. The Morgan fingerprint density at radius 1 is 0.690 bits per heavy atom. The molecule has 1 nitrogen and oxygen atoms in total. The lowest BCUT2D eigenvalue weighted by molar-refractivity contribution is 1.28. The van der Waals surface area contributed by atoms with Gasteiger partial charge in [0.05, 0.1) is 0 Å². The van der Waals surface area contributed by atoms with Crippen molar-refractivity contribution in [2.24, 2.45) is 0 Å². The van der Waals surface area contributed by atoms with Crippen LogP contribution in [0.3, 0.4) is 0 Å². The standard InChI is InChI=1S/C41H33N/c1-4-31(23-24-42)29(3)12-10-13-30-19-20-32-21-22-34(27-35(32)26-30)41-38-17-7-5-15-36(38)40(33-14-9-11-28(2)25-33)37-16-6-8-18-39(37)41/h4-12,14-27,42H,1,3,13H2,2H3/b12-10-,31-23+,42-24?. The van der Waals surface area contributed by atoms with Gasteiger partial charge in [0.15, 0.2) is 0 Å². The van der Waals surface area contributed by atoms with Crippen LogP contribution in [0.4, 0.5) is 0 Å². The Morgan fingerprint density at radius 2 is 1.31 bits per heavy atom. The number of hydrogen-bond donors (Lipinski definition) is 1. The van der Waals surface area contributed by atoms with Crippen LogP contribution < -0.4 is 0 Å². The van der Waals surface area contributed by atoms with Crippen molar-refractivity contribution in [1.29, 1.82) is 5.41 Å². The highest BCUT2D eigenvalue weighted by molar-refractivity contribution is 6.21. The Labute approximate surface area is 248 Å². The zero-order chi connectivity index (χ0) is 29.1. The number of hydrogen-bond acceptors (Lipinski definition) is 1. The molecule has 1 heteroatoms. The minimum Gasteiger partial charge on any atom is -0.309 e. The predicted molar refractivity (Wildman–Crippen MR) is 184 cm³/mol. The maximum Gasteiger partial charge on any atom is 0.0183 e. The van der Waals surface area contributed by atoms with E-state index in [-0.39, 0.29) is 0 Å². The van der Waals surface area contributed by atoms with Crippen molar-refractivity contribution in [3.8, 4) is 22.3 Å². The Morgan fingerprint density at radius 3 is 1.90 bits per heavy atom. The lowest BCUT2D eigenvalue weighted by Gasteiger charge is -2.18. The number of fused-ring (bicyclic) bond motifs is 3. The number of allylic oxidation sites excluding steroid dienone is 6. The summed E-state index contributed by atoms with van der Waals surface area (Å²) in [6.07, 6.45) is 9.63. The molecule has 0 amide bonds. The van der Waals surface area contributed by atoms with Crippen LogP contribution in [0.1, 0.15) is 11.1 Å². The molecular weight excluding hydrogens is 506 g/mol. The van der Waals surface area contributed by atoms with Gasteiger partial charge in [-0.1, -0.05) is 140 Å². The van der Waals surface area contributed by atoms with E-state index in [2.05, 4.69) is 135 Å². The molecule has 0 aliphatic rings. The molecule has 0 unspecified atom stereocenters. The normalized spacial score (nSPS) is 11.9. The molecule has 6 aromatic carbocycles. The van der Waals surface area contributed by atoms with Crippen molar-refractivity contribution in [2.45, 2.75) is 13.3 Å². The molecular formula is C41H33N. The van der Waals surface area contributed by atoms with Crippen molar-refractivity contribution < 1.29 is 0 Å². The molecule has 1 N–H and O–H groups in total. The first-order chi connectivity index (χ1) is 20.6. The summed E-state index contributed by atoms with van der Waals surface area (Å²) in [5, 5.41) is 14.9. The predicted octanol–water partition coefficient (Wildman–Crippen LogP) is 11.2. The van der Waals surface area contributed by atoms with E-state index in [9.17, 15) is 0 Å². The van der Waals surface area contributed by atoms with Crippen LogP contribution in [-0.2, 0) is 6.42 Å². The van der Waals surface area contributed by atoms with Crippen molar-refractivity contribution in [3.05, 3.63) is 169 Å². The van der Waals surface area contributed by atoms with Crippen molar-refractivity contribution in [2.75, 3.05) is 0 Å². The summed E-state index contributed by atoms with van der Waals surface area (Å²) in [6, 6.07) is 40.0. The van der Waals surface area contributed by atoms with Gasteiger partial charge in [-0.05, 0) is 96.8 Å². The minimum atomic E-state index is 0.797.